The van der Waals surface area contributed by atoms with Crippen LogP contribution in [0.3, 0.4) is 0 Å². The summed E-state index contributed by atoms with van der Waals surface area (Å²) in [5.74, 6) is -13.0. The number of esters is 1. The second-order valence-electron chi connectivity index (χ2n) is 7.83. The van der Waals surface area contributed by atoms with Gasteiger partial charge in [-0.25, -0.2) is 4.79 Å². The number of aliphatic hydroxyl groups is 2. The first-order valence-electron chi connectivity index (χ1n) is 9.60. The summed E-state index contributed by atoms with van der Waals surface area (Å²) in [7, 11) is 0. The number of benzene rings is 2. The Morgan fingerprint density at radius 1 is 1.12 bits per heavy atom. The number of aliphatic hydroxyl groups excluding tert-OH is 1. The molecule has 0 saturated heterocycles. The normalized spacial score (nSPS) is 26.6. The van der Waals surface area contributed by atoms with E-state index >= 15 is 0 Å². The maximum absolute atomic E-state index is 13.4. The van der Waals surface area contributed by atoms with Crippen molar-refractivity contribution in [2.75, 3.05) is 6.61 Å². The highest BCUT2D eigenvalue weighted by molar-refractivity contribution is 6.32. The van der Waals surface area contributed by atoms with Crippen LogP contribution in [0, 0.1) is 11.8 Å². The summed E-state index contributed by atoms with van der Waals surface area (Å²) in [5, 5.41) is 51.7. The van der Waals surface area contributed by atoms with Crippen molar-refractivity contribution in [1.29, 1.82) is 0 Å². The first kappa shape index (κ1) is 22.2. The van der Waals surface area contributed by atoms with Gasteiger partial charge in [0, 0.05) is 11.8 Å². The molecule has 0 radical (unpaired) electrons. The van der Waals surface area contributed by atoms with Gasteiger partial charge in [0.05, 0.1) is 22.4 Å². The lowest BCUT2D eigenvalue weighted by Crippen LogP contribution is -2.65. The topological polar surface area (TPSA) is 222 Å². The molecule has 2 aliphatic carbocycles. The molecule has 172 valence electrons. The molecule has 12 nitrogen and oxygen atoms in total. The van der Waals surface area contributed by atoms with E-state index in [-0.39, 0.29) is 5.39 Å². The molecule has 1 unspecified atom stereocenters. The summed E-state index contributed by atoms with van der Waals surface area (Å²) in [5.41, 5.74) is 0.564. The van der Waals surface area contributed by atoms with Gasteiger partial charge in [0.1, 0.15) is 30.0 Å². The number of nitrogens with two attached hydrogens (primary N) is 1. The zero-order valence-electron chi connectivity index (χ0n) is 16.6. The van der Waals surface area contributed by atoms with Crippen LogP contribution in [0.15, 0.2) is 18.2 Å². The van der Waals surface area contributed by atoms with Gasteiger partial charge >= 0.3 is 5.97 Å². The number of carbonyl (C=O) groups is 5. The van der Waals surface area contributed by atoms with Crippen molar-refractivity contribution in [3.8, 4) is 17.2 Å². The fraction of sp³-hybridized carbons (Fsp3) is 0.286. The van der Waals surface area contributed by atoms with Gasteiger partial charge in [0.2, 0.25) is 11.7 Å². The van der Waals surface area contributed by atoms with Crippen LogP contribution in [0.1, 0.15) is 28.4 Å². The number of Topliss-reactive ketones (excluding diaryl/α,β-unsaturated/α-hetero) is 3. The first-order chi connectivity index (χ1) is 15.5. The van der Waals surface area contributed by atoms with Crippen molar-refractivity contribution in [1.82, 2.24) is 0 Å². The fourth-order valence-electron chi connectivity index (χ4n) is 4.65. The molecule has 2 aromatic carbocycles. The summed E-state index contributed by atoms with van der Waals surface area (Å²) in [4.78, 5) is 62.5. The van der Waals surface area contributed by atoms with Crippen LogP contribution in [0.25, 0.3) is 10.8 Å². The molecule has 1 amide bonds. The number of phenols is 3. The monoisotopic (exact) mass is 459 g/mol. The van der Waals surface area contributed by atoms with Gasteiger partial charge in [-0.3, -0.25) is 19.2 Å². The summed E-state index contributed by atoms with van der Waals surface area (Å²) >= 11 is 0. The number of carbonyl (C=O) groups excluding carboxylic acids is 5. The molecule has 33 heavy (non-hydrogen) atoms. The van der Waals surface area contributed by atoms with E-state index in [9.17, 15) is 44.4 Å². The highest BCUT2D eigenvalue weighted by atomic mass is 16.6. The quantitative estimate of drug-likeness (QED) is 0.180. The molecule has 0 aliphatic heterocycles. The number of hydrogen-bond donors (Lipinski definition) is 6. The predicted octanol–water partition coefficient (Wildman–Crippen LogP) is -1.28. The maximum atomic E-state index is 13.4. The average Bonchev–Trinajstić information content (AvgIpc) is 2.75. The van der Waals surface area contributed by atoms with Crippen molar-refractivity contribution >= 4 is 40.0 Å². The van der Waals surface area contributed by atoms with Crippen molar-refractivity contribution in [2.45, 2.75) is 18.1 Å². The third kappa shape index (κ3) is 2.81. The van der Waals surface area contributed by atoms with Gasteiger partial charge in [0.25, 0.3) is 0 Å². The van der Waals surface area contributed by atoms with E-state index in [4.69, 9.17) is 15.6 Å². The number of amides is 1. The average molecular weight is 459 g/mol. The first-order valence-corrected chi connectivity index (χ1v) is 9.60. The van der Waals surface area contributed by atoms with Gasteiger partial charge in [-0.1, -0.05) is 12.1 Å². The molecule has 0 aromatic heterocycles. The van der Waals surface area contributed by atoms with Crippen LogP contribution < -0.4 is 5.73 Å². The molecule has 0 heterocycles. The van der Waals surface area contributed by atoms with Crippen LogP contribution in [0.4, 0.5) is 0 Å². The van der Waals surface area contributed by atoms with E-state index in [1.165, 1.54) is 12.1 Å². The number of ketones is 3. The number of primary amides is 1. The van der Waals surface area contributed by atoms with E-state index in [0.29, 0.717) is 0 Å². The number of hydrogen-bond acceptors (Lipinski definition) is 11. The third-order valence-electron chi connectivity index (χ3n) is 6.11. The molecular formula is C21H17NO11. The SMILES string of the molecule is NC(=O)C1C(=O)C[C@@H]2[C@@H](OC(=O)CO)c3c(c(O)c4c(O)cccc4c3O)C(=O)[C@]2(O)C1=O. The molecule has 4 atom stereocenters. The summed E-state index contributed by atoms with van der Waals surface area (Å²) < 4.78 is 5.10. The zero-order valence-corrected chi connectivity index (χ0v) is 16.6. The van der Waals surface area contributed by atoms with Crippen LogP contribution in [-0.4, -0.2) is 67.0 Å². The number of ether oxygens (including phenoxy) is 1. The lowest BCUT2D eigenvalue weighted by molar-refractivity contribution is -0.175. The fourth-order valence-corrected chi connectivity index (χ4v) is 4.65. The Balaban J connectivity index is 2.10. The Kier molecular flexibility index (Phi) is 4.87. The van der Waals surface area contributed by atoms with Crippen molar-refractivity contribution < 1.29 is 54.2 Å². The number of rotatable bonds is 3. The Morgan fingerprint density at radius 2 is 1.79 bits per heavy atom. The Bertz CT molecular complexity index is 1280. The number of fused-ring (bicyclic) bond motifs is 3. The minimum absolute atomic E-state index is 0.169. The van der Waals surface area contributed by atoms with Crippen LogP contribution in [0.2, 0.25) is 0 Å². The van der Waals surface area contributed by atoms with Gasteiger partial charge in [-0.15, -0.1) is 0 Å². The largest absolute Gasteiger partial charge is 0.507 e. The molecule has 4 rings (SSSR count). The van der Waals surface area contributed by atoms with Crippen molar-refractivity contribution in [2.24, 2.45) is 17.6 Å². The van der Waals surface area contributed by atoms with E-state index in [1.807, 2.05) is 0 Å². The minimum atomic E-state index is -3.15. The summed E-state index contributed by atoms with van der Waals surface area (Å²) in [6.45, 7) is -1.17. The predicted molar refractivity (Wildman–Crippen MR) is 105 cm³/mol. The lowest BCUT2D eigenvalue weighted by atomic mass is 9.59. The van der Waals surface area contributed by atoms with Gasteiger partial charge < -0.3 is 36.0 Å². The van der Waals surface area contributed by atoms with E-state index < -0.39 is 99.6 Å². The van der Waals surface area contributed by atoms with E-state index in [2.05, 4.69) is 0 Å². The lowest BCUT2D eigenvalue weighted by Gasteiger charge is -2.46. The molecule has 0 bridgehead atoms. The Hall–Kier alpha value is -4.03. The number of phenolic OH excluding ortho intramolecular Hbond substituents is 3. The summed E-state index contributed by atoms with van der Waals surface area (Å²) in [6.07, 6.45) is -2.70. The molecule has 2 aromatic rings. The van der Waals surface area contributed by atoms with Crippen LogP contribution in [0.5, 0.6) is 17.2 Å². The van der Waals surface area contributed by atoms with Gasteiger partial charge in [0.15, 0.2) is 23.1 Å². The van der Waals surface area contributed by atoms with Crippen molar-refractivity contribution in [3.63, 3.8) is 0 Å². The molecule has 12 heteroatoms. The molecular weight excluding hydrogens is 442 g/mol. The zero-order chi connectivity index (χ0) is 24.4. The Labute approximate surface area is 183 Å². The highest BCUT2D eigenvalue weighted by Gasteiger charge is 2.66. The van der Waals surface area contributed by atoms with Gasteiger partial charge in [-0.05, 0) is 6.07 Å². The van der Waals surface area contributed by atoms with Crippen molar-refractivity contribution in [3.05, 3.63) is 29.3 Å². The van der Waals surface area contributed by atoms with Gasteiger partial charge in [-0.2, -0.15) is 0 Å². The summed E-state index contributed by atoms with van der Waals surface area (Å²) in [6, 6.07) is 3.71. The molecule has 7 N–H and O–H groups in total. The minimum Gasteiger partial charge on any atom is -0.507 e. The second kappa shape index (κ2) is 7.25. The molecule has 0 spiro atoms. The third-order valence-corrected chi connectivity index (χ3v) is 6.11. The maximum Gasteiger partial charge on any atom is 0.332 e. The second-order valence-corrected chi connectivity index (χ2v) is 7.83. The van der Waals surface area contributed by atoms with E-state index in [1.54, 1.807) is 0 Å². The Morgan fingerprint density at radius 3 is 2.39 bits per heavy atom. The standard InChI is InChI=1S/C21H17NO11/c22-20(31)12-9(25)4-7-17(33-10(26)5-23)13-14(19(30)21(7,32)18(12)29)16(28)11-6(15(13)27)2-1-3-8(11)24/h1-3,7,12,17,23-24,27-28,32H,4-5H2,(H2,22,31)/t7-,12?,17-,21-/m1/s1. The van der Waals surface area contributed by atoms with Crippen LogP contribution >= 0.6 is 0 Å². The van der Waals surface area contributed by atoms with Crippen LogP contribution in [-0.2, 0) is 23.9 Å². The number of aromatic hydroxyl groups is 3. The highest BCUT2D eigenvalue weighted by Crippen LogP contribution is 2.56. The molecule has 1 saturated carbocycles. The smallest absolute Gasteiger partial charge is 0.332 e. The molecule has 1 fully saturated rings. The molecule has 2 aliphatic rings. The van der Waals surface area contributed by atoms with E-state index in [0.717, 1.165) is 6.07 Å².